The van der Waals surface area contributed by atoms with Crippen LogP contribution in [0.3, 0.4) is 0 Å². The third-order valence-corrected chi connectivity index (χ3v) is 7.27. The van der Waals surface area contributed by atoms with Crippen molar-refractivity contribution in [2.45, 2.75) is 52.0 Å². The molecule has 2 saturated carbocycles. The van der Waals surface area contributed by atoms with Crippen LogP contribution in [0.25, 0.3) is 0 Å². The molecule has 1 aromatic carbocycles. The Morgan fingerprint density at radius 3 is 2.35 bits per heavy atom. The first-order chi connectivity index (χ1) is 12.5. The summed E-state index contributed by atoms with van der Waals surface area (Å²) in [5.74, 6) is 1.77. The highest BCUT2D eigenvalue weighted by molar-refractivity contribution is 5.79. The van der Waals surface area contributed by atoms with Gasteiger partial charge in [0.05, 0.1) is 0 Å². The predicted octanol–water partition coefficient (Wildman–Crippen LogP) is 3.11. The molecule has 2 aliphatic carbocycles. The van der Waals surface area contributed by atoms with E-state index in [1.54, 1.807) is 0 Å². The zero-order valence-electron chi connectivity index (χ0n) is 16.3. The minimum absolute atomic E-state index is 0.220. The Labute approximate surface area is 157 Å². The number of carbonyl (C=O) groups is 1. The first-order valence-corrected chi connectivity index (χ1v) is 10.4. The Bertz CT molecular complexity index is 651. The van der Waals surface area contributed by atoms with Crippen molar-refractivity contribution in [3.63, 3.8) is 0 Å². The van der Waals surface area contributed by atoms with Crippen LogP contribution in [0.2, 0.25) is 0 Å². The van der Waals surface area contributed by atoms with E-state index in [1.807, 2.05) is 0 Å². The smallest absolute Gasteiger partial charge is 0.225 e. The van der Waals surface area contributed by atoms with E-state index in [0.717, 1.165) is 39.0 Å². The summed E-state index contributed by atoms with van der Waals surface area (Å²) in [4.78, 5) is 17.7. The van der Waals surface area contributed by atoms with Crippen LogP contribution in [0, 0.1) is 31.6 Å². The number of amides is 1. The number of fused-ring (bicyclic) bond motifs is 2. The number of nitrogens with two attached hydrogens (primary N) is 1. The molecule has 1 aliphatic heterocycles. The van der Waals surface area contributed by atoms with Gasteiger partial charge in [-0.05, 0) is 68.6 Å². The molecular formula is C22H33N3O. The monoisotopic (exact) mass is 355 g/mol. The maximum absolute atomic E-state index is 13.1. The topological polar surface area (TPSA) is 49.6 Å². The zero-order chi connectivity index (χ0) is 18.3. The second kappa shape index (κ2) is 7.22. The lowest BCUT2D eigenvalue weighted by atomic mass is 9.65. The van der Waals surface area contributed by atoms with Gasteiger partial charge >= 0.3 is 0 Å². The summed E-state index contributed by atoms with van der Waals surface area (Å²) >= 11 is 0. The molecule has 2 N–H and O–H groups in total. The van der Waals surface area contributed by atoms with Gasteiger partial charge in [0.15, 0.2) is 0 Å². The van der Waals surface area contributed by atoms with E-state index in [1.165, 1.54) is 36.1 Å². The number of benzene rings is 1. The molecule has 2 atom stereocenters. The summed E-state index contributed by atoms with van der Waals surface area (Å²) in [5.41, 5.74) is 10.4. The molecule has 4 nitrogen and oxygen atoms in total. The fourth-order valence-corrected chi connectivity index (χ4v) is 5.49. The van der Waals surface area contributed by atoms with Crippen LogP contribution in [0.5, 0.6) is 0 Å². The number of nitrogens with zero attached hydrogens (tertiary/aromatic N) is 2. The van der Waals surface area contributed by atoms with Gasteiger partial charge in [-0.25, -0.2) is 0 Å². The normalized spacial score (nSPS) is 31.8. The van der Waals surface area contributed by atoms with Crippen LogP contribution in [0.4, 0.5) is 5.69 Å². The van der Waals surface area contributed by atoms with Crippen molar-refractivity contribution in [2.24, 2.45) is 23.5 Å². The third-order valence-electron chi connectivity index (χ3n) is 7.27. The van der Waals surface area contributed by atoms with Crippen LogP contribution in [0.1, 0.15) is 43.2 Å². The lowest BCUT2D eigenvalue weighted by molar-refractivity contribution is -0.138. The Balaban J connectivity index is 1.37. The van der Waals surface area contributed by atoms with Crippen LogP contribution >= 0.6 is 0 Å². The number of piperazine rings is 1. The third kappa shape index (κ3) is 3.24. The summed E-state index contributed by atoms with van der Waals surface area (Å²) in [7, 11) is 0. The number of aryl methyl sites for hydroxylation is 1. The van der Waals surface area contributed by atoms with E-state index in [0.29, 0.717) is 23.8 Å². The Hall–Kier alpha value is -1.55. The van der Waals surface area contributed by atoms with Gasteiger partial charge in [-0.1, -0.05) is 18.6 Å². The molecule has 0 spiro atoms. The molecule has 0 radical (unpaired) electrons. The Kier molecular flexibility index (Phi) is 4.96. The predicted molar refractivity (Wildman–Crippen MR) is 106 cm³/mol. The molecule has 1 aromatic rings. The molecule has 4 rings (SSSR count). The standard InChI is InChI=1S/C22H33N3O/c1-15-5-3-8-20(16(15)2)24-9-11-25(12-10-24)22(26)19-13-17-6-4-7-18(14-19)21(17)23/h3,5,8,17-19,21H,4,6-7,9-14,23H2,1-2H3. The van der Waals surface area contributed by atoms with Gasteiger partial charge in [0.2, 0.25) is 5.91 Å². The zero-order valence-corrected chi connectivity index (χ0v) is 16.3. The molecule has 4 heteroatoms. The highest BCUT2D eigenvalue weighted by Gasteiger charge is 2.41. The largest absolute Gasteiger partial charge is 0.368 e. The van der Waals surface area contributed by atoms with Gasteiger partial charge < -0.3 is 15.5 Å². The quantitative estimate of drug-likeness (QED) is 0.887. The van der Waals surface area contributed by atoms with E-state index in [9.17, 15) is 4.79 Å². The molecule has 142 valence electrons. The van der Waals surface area contributed by atoms with Crippen molar-refractivity contribution < 1.29 is 4.79 Å². The lowest BCUT2D eigenvalue weighted by Gasteiger charge is -2.45. The summed E-state index contributed by atoms with van der Waals surface area (Å²) in [6.07, 6.45) is 5.80. The van der Waals surface area contributed by atoms with E-state index in [4.69, 9.17) is 5.73 Å². The minimum atomic E-state index is 0.220. The van der Waals surface area contributed by atoms with E-state index in [-0.39, 0.29) is 5.92 Å². The number of hydrogen-bond donors (Lipinski definition) is 1. The molecule has 1 amide bonds. The van der Waals surface area contributed by atoms with Gasteiger partial charge in [0.1, 0.15) is 0 Å². The molecule has 26 heavy (non-hydrogen) atoms. The van der Waals surface area contributed by atoms with Crippen molar-refractivity contribution in [3.8, 4) is 0 Å². The van der Waals surface area contributed by atoms with E-state index >= 15 is 0 Å². The Morgan fingerprint density at radius 2 is 1.69 bits per heavy atom. The fourth-order valence-electron chi connectivity index (χ4n) is 5.49. The number of carbonyl (C=O) groups excluding carboxylic acids is 1. The first-order valence-electron chi connectivity index (χ1n) is 10.4. The maximum atomic E-state index is 13.1. The van der Waals surface area contributed by atoms with Crippen molar-refractivity contribution in [1.29, 1.82) is 0 Å². The van der Waals surface area contributed by atoms with Gasteiger partial charge in [0, 0.05) is 43.8 Å². The molecular weight excluding hydrogens is 322 g/mol. The number of hydrogen-bond acceptors (Lipinski definition) is 3. The minimum Gasteiger partial charge on any atom is -0.368 e. The van der Waals surface area contributed by atoms with Gasteiger partial charge in [-0.15, -0.1) is 0 Å². The summed E-state index contributed by atoms with van der Waals surface area (Å²) < 4.78 is 0. The second-order valence-corrected chi connectivity index (χ2v) is 8.73. The second-order valence-electron chi connectivity index (χ2n) is 8.73. The van der Waals surface area contributed by atoms with Crippen molar-refractivity contribution in [3.05, 3.63) is 29.3 Å². The summed E-state index contributed by atoms with van der Waals surface area (Å²) in [6.45, 7) is 7.95. The van der Waals surface area contributed by atoms with Crippen LogP contribution in [-0.4, -0.2) is 43.0 Å². The molecule has 1 heterocycles. The summed E-state index contributed by atoms with van der Waals surface area (Å²) in [6, 6.07) is 6.86. The average Bonchev–Trinajstić information content (AvgIpc) is 2.63. The Morgan fingerprint density at radius 1 is 1.04 bits per heavy atom. The van der Waals surface area contributed by atoms with Crippen LogP contribution in [0.15, 0.2) is 18.2 Å². The van der Waals surface area contributed by atoms with Gasteiger partial charge in [0.25, 0.3) is 0 Å². The molecule has 0 aromatic heterocycles. The molecule has 2 bridgehead atoms. The lowest BCUT2D eigenvalue weighted by Crippen LogP contribution is -2.53. The van der Waals surface area contributed by atoms with Gasteiger partial charge in [-0.2, -0.15) is 0 Å². The van der Waals surface area contributed by atoms with Crippen LogP contribution < -0.4 is 10.6 Å². The molecule has 3 fully saturated rings. The highest BCUT2D eigenvalue weighted by atomic mass is 16.2. The SMILES string of the molecule is Cc1cccc(N2CCN(C(=O)C3CC4CCCC(C3)C4N)CC2)c1C. The molecule has 3 aliphatic rings. The average molecular weight is 356 g/mol. The van der Waals surface area contributed by atoms with Crippen molar-refractivity contribution in [1.82, 2.24) is 4.90 Å². The summed E-state index contributed by atoms with van der Waals surface area (Å²) in [5, 5.41) is 0. The number of anilines is 1. The van der Waals surface area contributed by atoms with Gasteiger partial charge in [-0.3, -0.25) is 4.79 Å². The van der Waals surface area contributed by atoms with Crippen molar-refractivity contribution in [2.75, 3.05) is 31.1 Å². The van der Waals surface area contributed by atoms with E-state index in [2.05, 4.69) is 41.8 Å². The highest BCUT2D eigenvalue weighted by Crippen LogP contribution is 2.42. The van der Waals surface area contributed by atoms with Crippen molar-refractivity contribution >= 4 is 11.6 Å². The molecule has 2 unspecified atom stereocenters. The van der Waals surface area contributed by atoms with Crippen LogP contribution in [-0.2, 0) is 4.79 Å². The maximum Gasteiger partial charge on any atom is 0.225 e. The fraction of sp³-hybridized carbons (Fsp3) is 0.682. The first kappa shape index (κ1) is 17.8. The molecule has 1 saturated heterocycles. The van der Waals surface area contributed by atoms with E-state index < -0.39 is 0 Å². The number of rotatable bonds is 2.